The number of hydrogen-bond acceptors (Lipinski definition) is 5. The zero-order valence-electron chi connectivity index (χ0n) is 20.9. The van der Waals surface area contributed by atoms with Gasteiger partial charge in [-0.15, -0.1) is 0 Å². The highest BCUT2D eigenvalue weighted by atomic mass is 35.6. The van der Waals surface area contributed by atoms with Gasteiger partial charge in [0.2, 0.25) is 11.6 Å². The summed E-state index contributed by atoms with van der Waals surface area (Å²) < 4.78 is 22.0. The molecule has 0 saturated carbocycles. The molecule has 0 atom stereocenters. The quantitative estimate of drug-likeness (QED) is 0.146. The normalized spacial score (nSPS) is 12.1. The van der Waals surface area contributed by atoms with Gasteiger partial charge in [0.25, 0.3) is 3.79 Å². The summed E-state index contributed by atoms with van der Waals surface area (Å²) in [6.45, 7) is 6.55. The van der Waals surface area contributed by atoms with E-state index in [9.17, 15) is 0 Å². The van der Waals surface area contributed by atoms with Gasteiger partial charge in [-0.1, -0.05) is 116 Å². The molecule has 5 nitrogen and oxygen atoms in total. The van der Waals surface area contributed by atoms with E-state index in [0.717, 1.165) is 10.4 Å². The zero-order chi connectivity index (χ0) is 26.6. The van der Waals surface area contributed by atoms with Crippen LogP contribution in [0.2, 0.25) is 5.04 Å². The van der Waals surface area contributed by atoms with E-state index >= 15 is 0 Å². The van der Waals surface area contributed by atoms with Gasteiger partial charge >= 0.3 is 8.32 Å². The first kappa shape index (κ1) is 28.2. The van der Waals surface area contributed by atoms with Gasteiger partial charge in [-0.05, 0) is 33.1 Å². The Morgan fingerprint density at radius 1 is 0.806 bits per heavy atom. The van der Waals surface area contributed by atoms with Crippen LogP contribution in [0.15, 0.2) is 72.8 Å². The first-order valence-corrected chi connectivity index (χ1v) is 14.3. The van der Waals surface area contributed by atoms with Crippen molar-refractivity contribution in [1.82, 2.24) is 0 Å². The molecule has 3 aromatic rings. The van der Waals surface area contributed by atoms with Crippen molar-refractivity contribution in [3.63, 3.8) is 0 Å². The molecule has 0 fully saturated rings. The van der Waals surface area contributed by atoms with Gasteiger partial charge in [0.1, 0.15) is 6.61 Å². The van der Waals surface area contributed by atoms with Crippen LogP contribution in [0.4, 0.5) is 0 Å². The third-order valence-corrected chi connectivity index (χ3v) is 11.3. The molecule has 192 valence electrons. The number of rotatable bonds is 8. The van der Waals surface area contributed by atoms with Gasteiger partial charge in [0, 0.05) is 0 Å². The van der Waals surface area contributed by atoms with Crippen LogP contribution in [-0.4, -0.2) is 32.2 Å². The molecule has 0 heterocycles. The Morgan fingerprint density at radius 2 is 1.31 bits per heavy atom. The fourth-order valence-electron chi connectivity index (χ4n) is 4.19. The molecule has 36 heavy (non-hydrogen) atoms. The van der Waals surface area contributed by atoms with Gasteiger partial charge < -0.3 is 18.6 Å². The summed E-state index contributed by atoms with van der Waals surface area (Å²) in [7, 11) is 0.175. The highest BCUT2D eigenvalue weighted by molar-refractivity contribution is 7.00. The monoisotopic (exact) mass is 565 g/mol. The minimum Gasteiger partial charge on any atom is -0.531 e. The molecule has 9 heteroatoms. The lowest BCUT2D eigenvalue weighted by Gasteiger charge is -2.43. The standard InChI is InChI=1S/C27H30Cl3NO4Si/c1-26(2,3)36(20-12-8-6-9-13-20,21-14-10-7-11-15-21)35-23-17-19(16-22(32-4)24(23)33-5)18-34-25(31)27(28,29)30/h6-17,31H,18H2,1-5H3. The van der Waals surface area contributed by atoms with Crippen molar-refractivity contribution in [2.75, 3.05) is 14.2 Å². The van der Waals surface area contributed by atoms with Crippen molar-refractivity contribution >= 4 is 59.4 Å². The lowest BCUT2D eigenvalue weighted by molar-refractivity contribution is 0.281. The maximum atomic E-state index is 7.87. The molecule has 0 aliphatic rings. The Hall–Kier alpha value is -2.38. The molecule has 0 saturated heterocycles. The average molecular weight is 567 g/mol. The van der Waals surface area contributed by atoms with Crippen LogP contribution in [0, 0.1) is 5.41 Å². The predicted molar refractivity (Wildman–Crippen MR) is 151 cm³/mol. The number of halogens is 3. The molecule has 0 radical (unpaired) electrons. The molecule has 0 aliphatic heterocycles. The molecule has 0 spiro atoms. The van der Waals surface area contributed by atoms with Crippen molar-refractivity contribution in [1.29, 1.82) is 5.41 Å². The second-order valence-electron chi connectivity index (χ2n) is 9.21. The SMILES string of the molecule is COc1cc(COC(=N)C(Cl)(Cl)Cl)cc(O[Si](c2ccccc2)(c2ccccc2)C(C)(C)C)c1OC. The minimum absolute atomic E-state index is 0.0236. The summed E-state index contributed by atoms with van der Waals surface area (Å²) in [6.07, 6.45) is 0. The molecule has 0 aliphatic carbocycles. The fraction of sp³-hybridized carbons (Fsp3) is 0.296. The molecular weight excluding hydrogens is 537 g/mol. The van der Waals surface area contributed by atoms with Crippen molar-refractivity contribution in [3.8, 4) is 17.2 Å². The van der Waals surface area contributed by atoms with Gasteiger partial charge in [-0.25, -0.2) is 0 Å². The van der Waals surface area contributed by atoms with Crippen LogP contribution in [0.1, 0.15) is 26.3 Å². The van der Waals surface area contributed by atoms with Gasteiger partial charge in [-0.3, -0.25) is 5.41 Å². The van der Waals surface area contributed by atoms with Crippen LogP contribution in [0.3, 0.4) is 0 Å². The lowest BCUT2D eigenvalue weighted by Crippen LogP contribution is -2.68. The minimum atomic E-state index is -2.95. The molecular formula is C27H30Cl3NO4Si. The smallest absolute Gasteiger partial charge is 0.320 e. The van der Waals surface area contributed by atoms with Crippen molar-refractivity contribution < 1.29 is 18.6 Å². The maximum Gasteiger partial charge on any atom is 0.320 e. The van der Waals surface area contributed by atoms with Crippen molar-refractivity contribution in [2.24, 2.45) is 0 Å². The predicted octanol–water partition coefficient (Wildman–Crippen LogP) is 6.51. The topological polar surface area (TPSA) is 60.8 Å². The molecule has 0 amide bonds. The van der Waals surface area contributed by atoms with Gasteiger partial charge in [0.05, 0.1) is 14.2 Å². The van der Waals surface area contributed by atoms with Crippen LogP contribution < -0.4 is 24.3 Å². The van der Waals surface area contributed by atoms with E-state index in [1.54, 1.807) is 20.3 Å². The van der Waals surface area contributed by atoms with Crippen LogP contribution >= 0.6 is 34.8 Å². The summed E-state index contributed by atoms with van der Waals surface area (Å²) in [6, 6.07) is 24.1. The van der Waals surface area contributed by atoms with Gasteiger partial charge in [0.15, 0.2) is 11.5 Å². The van der Waals surface area contributed by atoms with E-state index < -0.39 is 18.0 Å². The number of alkyl halides is 3. The molecule has 0 bridgehead atoms. The van der Waals surface area contributed by atoms with E-state index in [4.69, 9.17) is 58.8 Å². The maximum absolute atomic E-state index is 7.87. The van der Waals surface area contributed by atoms with Gasteiger partial charge in [-0.2, -0.15) is 0 Å². The zero-order valence-corrected chi connectivity index (χ0v) is 24.2. The number of hydrogen-bond donors (Lipinski definition) is 1. The molecule has 3 aromatic carbocycles. The third-order valence-electron chi connectivity index (χ3n) is 5.83. The second-order valence-corrected chi connectivity index (χ2v) is 15.7. The summed E-state index contributed by atoms with van der Waals surface area (Å²) in [5.41, 5.74) is 0.666. The molecule has 3 rings (SSSR count). The average Bonchev–Trinajstić information content (AvgIpc) is 2.85. The van der Waals surface area contributed by atoms with Crippen LogP contribution in [0.25, 0.3) is 0 Å². The van der Waals surface area contributed by atoms with Crippen LogP contribution in [0.5, 0.6) is 17.2 Å². The van der Waals surface area contributed by atoms with Crippen molar-refractivity contribution in [3.05, 3.63) is 78.4 Å². The first-order valence-electron chi connectivity index (χ1n) is 11.3. The van der Waals surface area contributed by atoms with E-state index in [-0.39, 0.29) is 11.6 Å². The summed E-state index contributed by atoms with van der Waals surface area (Å²) in [4.78, 5) is 0. The highest BCUT2D eigenvalue weighted by Crippen LogP contribution is 2.44. The van der Waals surface area contributed by atoms with Crippen molar-refractivity contribution in [2.45, 2.75) is 36.2 Å². The Balaban J connectivity index is 2.21. The Kier molecular flexibility index (Phi) is 8.88. The number of benzene rings is 3. The second kappa shape index (κ2) is 11.3. The number of methoxy groups -OCH3 is 2. The molecule has 1 N–H and O–H groups in total. The summed E-state index contributed by atoms with van der Waals surface area (Å²) >= 11 is 17.3. The lowest BCUT2D eigenvalue weighted by atomic mass is 10.2. The van der Waals surface area contributed by atoms with E-state index in [2.05, 4.69) is 45.0 Å². The Labute approximate surface area is 228 Å². The van der Waals surface area contributed by atoms with E-state index in [1.165, 1.54) is 0 Å². The van der Waals surface area contributed by atoms with E-state index in [0.29, 0.717) is 22.8 Å². The highest BCUT2D eigenvalue weighted by Gasteiger charge is 2.52. The van der Waals surface area contributed by atoms with Crippen LogP contribution in [-0.2, 0) is 11.3 Å². The number of ether oxygens (including phenoxy) is 3. The van der Waals surface area contributed by atoms with E-state index in [1.807, 2.05) is 42.5 Å². The third kappa shape index (κ3) is 5.94. The molecule has 0 unspecified atom stereocenters. The Bertz CT molecular complexity index is 1140. The summed E-state index contributed by atoms with van der Waals surface area (Å²) in [5.74, 6) is 0.958. The fourth-order valence-corrected chi connectivity index (χ4v) is 8.77. The largest absolute Gasteiger partial charge is 0.531 e. The summed E-state index contributed by atoms with van der Waals surface area (Å²) in [5, 5.41) is 9.84. The first-order chi connectivity index (χ1) is 16.9. The number of nitrogens with one attached hydrogen (secondary N) is 1. The molecule has 0 aromatic heterocycles. The Morgan fingerprint density at radius 3 is 1.72 bits per heavy atom.